The predicted molar refractivity (Wildman–Crippen MR) is 104 cm³/mol. The number of nitrogens with zero attached hydrogens (tertiary/aromatic N) is 4. The van der Waals surface area contributed by atoms with Gasteiger partial charge in [-0.2, -0.15) is 4.52 Å². The standard InChI is InChI=1S/C19H12Cl2N4O/c20-16-6-5-15(11-17(16)21)24-9-7-18-23-14(10-19(26)25(18)24)4-3-13-2-1-8-22-12-13/h1-12H/b4-3+. The van der Waals surface area contributed by atoms with Gasteiger partial charge >= 0.3 is 0 Å². The minimum Gasteiger partial charge on any atom is -0.267 e. The van der Waals surface area contributed by atoms with Crippen molar-refractivity contribution in [2.45, 2.75) is 0 Å². The van der Waals surface area contributed by atoms with Crippen LogP contribution in [0.3, 0.4) is 0 Å². The fraction of sp³-hybridized carbons (Fsp3) is 0. The van der Waals surface area contributed by atoms with E-state index in [0.29, 0.717) is 21.4 Å². The normalized spacial score (nSPS) is 11.5. The van der Waals surface area contributed by atoms with E-state index in [-0.39, 0.29) is 5.56 Å². The number of pyridine rings is 1. The molecule has 0 unspecified atom stereocenters. The fourth-order valence-corrected chi connectivity index (χ4v) is 2.90. The Morgan fingerprint density at radius 3 is 2.65 bits per heavy atom. The van der Waals surface area contributed by atoms with E-state index < -0.39 is 0 Å². The topological polar surface area (TPSA) is 52.2 Å². The third-order valence-electron chi connectivity index (χ3n) is 3.82. The zero-order chi connectivity index (χ0) is 18.1. The van der Waals surface area contributed by atoms with Gasteiger partial charge in [0.25, 0.3) is 5.56 Å². The van der Waals surface area contributed by atoms with Crippen LogP contribution in [-0.4, -0.2) is 19.2 Å². The van der Waals surface area contributed by atoms with Crippen molar-refractivity contribution in [3.05, 3.63) is 92.7 Å². The highest BCUT2D eigenvalue weighted by Crippen LogP contribution is 2.24. The highest BCUT2D eigenvalue weighted by atomic mass is 35.5. The van der Waals surface area contributed by atoms with Gasteiger partial charge in [-0.3, -0.25) is 14.5 Å². The minimum atomic E-state index is -0.197. The van der Waals surface area contributed by atoms with Gasteiger partial charge in [-0.15, -0.1) is 0 Å². The molecule has 128 valence electrons. The van der Waals surface area contributed by atoms with Crippen LogP contribution in [-0.2, 0) is 0 Å². The first-order chi connectivity index (χ1) is 12.6. The molecule has 7 heteroatoms. The average Bonchev–Trinajstić information content (AvgIpc) is 3.08. The van der Waals surface area contributed by atoms with E-state index in [1.165, 1.54) is 10.6 Å². The first-order valence-electron chi connectivity index (χ1n) is 7.77. The Morgan fingerprint density at radius 2 is 1.88 bits per heavy atom. The van der Waals surface area contributed by atoms with E-state index in [2.05, 4.69) is 9.97 Å². The Kier molecular flexibility index (Phi) is 4.32. The second-order valence-electron chi connectivity index (χ2n) is 5.57. The molecular formula is C19H12Cl2N4O. The molecule has 5 nitrogen and oxygen atoms in total. The zero-order valence-electron chi connectivity index (χ0n) is 13.4. The van der Waals surface area contributed by atoms with Gasteiger partial charge < -0.3 is 0 Å². The Bertz CT molecular complexity index is 1180. The van der Waals surface area contributed by atoms with Crippen LogP contribution < -0.4 is 5.56 Å². The lowest BCUT2D eigenvalue weighted by molar-refractivity contribution is 0.763. The van der Waals surface area contributed by atoms with E-state index in [9.17, 15) is 4.79 Å². The summed E-state index contributed by atoms with van der Waals surface area (Å²) in [5, 5.41) is 0.878. The van der Waals surface area contributed by atoms with Crippen molar-refractivity contribution in [2.24, 2.45) is 0 Å². The van der Waals surface area contributed by atoms with Crippen molar-refractivity contribution >= 4 is 41.0 Å². The first kappa shape index (κ1) is 16.6. The molecule has 0 amide bonds. The highest BCUT2D eigenvalue weighted by Gasteiger charge is 2.08. The number of fused-ring (bicyclic) bond motifs is 1. The monoisotopic (exact) mass is 382 g/mol. The minimum absolute atomic E-state index is 0.197. The maximum absolute atomic E-state index is 12.6. The summed E-state index contributed by atoms with van der Waals surface area (Å²) in [5.74, 6) is 0. The molecule has 0 fully saturated rings. The summed E-state index contributed by atoms with van der Waals surface area (Å²) in [6, 6.07) is 12.2. The number of rotatable bonds is 3. The third kappa shape index (κ3) is 3.14. The summed E-state index contributed by atoms with van der Waals surface area (Å²) in [5.41, 5.74) is 2.57. The van der Waals surface area contributed by atoms with Gasteiger partial charge in [0.15, 0.2) is 5.65 Å². The summed E-state index contributed by atoms with van der Waals surface area (Å²) in [6.45, 7) is 0. The third-order valence-corrected chi connectivity index (χ3v) is 4.56. The van der Waals surface area contributed by atoms with E-state index in [0.717, 1.165) is 11.3 Å². The highest BCUT2D eigenvalue weighted by molar-refractivity contribution is 6.42. The van der Waals surface area contributed by atoms with Crippen molar-refractivity contribution in [2.75, 3.05) is 0 Å². The second-order valence-corrected chi connectivity index (χ2v) is 6.38. The van der Waals surface area contributed by atoms with E-state index in [1.54, 1.807) is 53.6 Å². The summed E-state index contributed by atoms with van der Waals surface area (Å²) in [6.07, 6.45) is 8.86. The van der Waals surface area contributed by atoms with Crippen molar-refractivity contribution < 1.29 is 0 Å². The predicted octanol–water partition coefficient (Wildman–Crippen LogP) is 4.36. The number of hydrogen-bond acceptors (Lipinski definition) is 3. The van der Waals surface area contributed by atoms with Gasteiger partial charge in [-0.25, -0.2) is 4.98 Å². The number of aromatic nitrogens is 4. The van der Waals surface area contributed by atoms with Gasteiger partial charge in [0.1, 0.15) is 0 Å². The first-order valence-corrected chi connectivity index (χ1v) is 8.52. The maximum atomic E-state index is 12.6. The SMILES string of the molecule is O=c1cc(/C=C/c2cccnc2)nc2ccn(-c3ccc(Cl)c(Cl)c3)n12. The van der Waals surface area contributed by atoms with Crippen molar-refractivity contribution in [3.8, 4) is 5.69 Å². The molecule has 0 bridgehead atoms. The molecule has 4 rings (SSSR count). The largest absolute Gasteiger partial charge is 0.273 e. The van der Waals surface area contributed by atoms with Gasteiger partial charge in [-0.1, -0.05) is 35.3 Å². The van der Waals surface area contributed by atoms with Crippen LogP contribution in [0.4, 0.5) is 0 Å². The van der Waals surface area contributed by atoms with Gasteiger partial charge in [0.05, 0.1) is 21.4 Å². The molecule has 0 spiro atoms. The van der Waals surface area contributed by atoms with Gasteiger partial charge in [0, 0.05) is 30.7 Å². The van der Waals surface area contributed by atoms with E-state index in [1.807, 2.05) is 18.2 Å². The number of halogens is 2. The van der Waals surface area contributed by atoms with Crippen LogP contribution in [0.5, 0.6) is 0 Å². The molecule has 0 aliphatic heterocycles. The van der Waals surface area contributed by atoms with Crippen molar-refractivity contribution in [1.82, 2.24) is 19.2 Å². The molecule has 0 aliphatic carbocycles. The zero-order valence-corrected chi connectivity index (χ0v) is 14.9. The Hall–Kier alpha value is -2.89. The fourth-order valence-electron chi connectivity index (χ4n) is 2.61. The van der Waals surface area contributed by atoms with Gasteiger partial charge in [0.2, 0.25) is 0 Å². The molecule has 0 saturated heterocycles. The van der Waals surface area contributed by atoms with Gasteiger partial charge in [-0.05, 0) is 35.9 Å². The molecule has 3 heterocycles. The smallest absolute Gasteiger partial charge is 0.267 e. The Morgan fingerprint density at radius 1 is 1.00 bits per heavy atom. The van der Waals surface area contributed by atoms with Crippen LogP contribution in [0, 0.1) is 0 Å². The quantitative estimate of drug-likeness (QED) is 0.528. The summed E-state index contributed by atoms with van der Waals surface area (Å²) in [7, 11) is 0. The molecule has 0 saturated carbocycles. The molecule has 0 N–H and O–H groups in total. The number of benzene rings is 1. The average molecular weight is 383 g/mol. The van der Waals surface area contributed by atoms with Crippen LogP contribution in [0.25, 0.3) is 23.5 Å². The van der Waals surface area contributed by atoms with E-state index >= 15 is 0 Å². The summed E-state index contributed by atoms with van der Waals surface area (Å²) >= 11 is 12.0. The molecular weight excluding hydrogens is 371 g/mol. The van der Waals surface area contributed by atoms with Crippen molar-refractivity contribution in [3.63, 3.8) is 0 Å². The molecule has 1 aromatic carbocycles. The second kappa shape index (κ2) is 6.78. The molecule has 3 aromatic heterocycles. The molecule has 0 radical (unpaired) electrons. The molecule has 4 aromatic rings. The van der Waals surface area contributed by atoms with Crippen LogP contribution in [0.1, 0.15) is 11.3 Å². The number of hydrogen-bond donors (Lipinski definition) is 0. The lowest BCUT2D eigenvalue weighted by atomic mass is 10.2. The maximum Gasteiger partial charge on any atom is 0.273 e. The lowest BCUT2D eigenvalue weighted by Crippen LogP contribution is -2.20. The van der Waals surface area contributed by atoms with E-state index in [4.69, 9.17) is 23.2 Å². The lowest BCUT2D eigenvalue weighted by Gasteiger charge is -2.07. The summed E-state index contributed by atoms with van der Waals surface area (Å²) < 4.78 is 3.16. The van der Waals surface area contributed by atoms with Crippen LogP contribution in [0.15, 0.2) is 65.8 Å². The van der Waals surface area contributed by atoms with Crippen LogP contribution >= 0.6 is 23.2 Å². The van der Waals surface area contributed by atoms with Crippen molar-refractivity contribution in [1.29, 1.82) is 0 Å². The summed E-state index contributed by atoms with van der Waals surface area (Å²) in [4.78, 5) is 21.2. The Balaban J connectivity index is 1.77. The molecule has 0 aliphatic rings. The molecule has 0 atom stereocenters. The molecule has 26 heavy (non-hydrogen) atoms. The van der Waals surface area contributed by atoms with Crippen LogP contribution in [0.2, 0.25) is 10.0 Å². The Labute approximate surface area is 158 Å².